The minimum absolute atomic E-state index is 0.235. The molecule has 4 heteroatoms. The van der Waals surface area contributed by atoms with Crippen LogP contribution in [0, 0.1) is 5.92 Å². The molecule has 1 aliphatic rings. The normalized spacial score (nSPS) is 23.0. The van der Waals surface area contributed by atoms with Crippen LogP contribution in [0.15, 0.2) is 18.2 Å². The molecule has 0 aliphatic heterocycles. The molecule has 0 unspecified atom stereocenters. The van der Waals surface area contributed by atoms with Crippen molar-refractivity contribution in [3.63, 3.8) is 0 Å². The minimum Gasteiger partial charge on any atom is -0.481 e. The van der Waals surface area contributed by atoms with E-state index in [2.05, 4.69) is 0 Å². The Morgan fingerprint density at radius 1 is 1.40 bits per heavy atom. The van der Waals surface area contributed by atoms with Gasteiger partial charge in [-0.05, 0) is 56.2 Å². The van der Waals surface area contributed by atoms with Crippen LogP contribution in [0.25, 0.3) is 0 Å². The first-order valence-corrected chi connectivity index (χ1v) is 7.40. The number of rotatable bonds is 4. The Morgan fingerprint density at radius 2 is 2.10 bits per heavy atom. The Morgan fingerprint density at radius 3 is 2.60 bits per heavy atom. The van der Waals surface area contributed by atoms with Crippen LogP contribution in [-0.4, -0.2) is 22.3 Å². The third kappa shape index (κ3) is 2.99. The maximum atomic E-state index is 11.3. The van der Waals surface area contributed by atoms with E-state index in [0.29, 0.717) is 10.6 Å². The molecule has 2 N–H and O–H groups in total. The van der Waals surface area contributed by atoms with E-state index in [0.717, 1.165) is 31.2 Å². The standard InChI is InChI=1S/C16H21ClO3/c1-16(2,15(19)20)12-7-6-10(13(17)9-12)8-11-4-3-5-14(11)18/h6-7,9,11,14,18H,3-5,8H2,1-2H3,(H,19,20)/t11-,14-/m0/s1. The molecule has 1 fully saturated rings. The number of aliphatic hydroxyl groups is 1. The molecule has 2 atom stereocenters. The minimum atomic E-state index is -0.949. The van der Waals surface area contributed by atoms with Gasteiger partial charge in [-0.2, -0.15) is 0 Å². The third-order valence-electron chi connectivity index (χ3n) is 4.41. The van der Waals surface area contributed by atoms with Gasteiger partial charge in [0, 0.05) is 5.02 Å². The molecule has 0 aromatic heterocycles. The number of carbonyl (C=O) groups is 1. The van der Waals surface area contributed by atoms with Crippen LogP contribution in [0.4, 0.5) is 0 Å². The molecule has 0 bridgehead atoms. The summed E-state index contributed by atoms with van der Waals surface area (Å²) in [5, 5.41) is 19.7. The van der Waals surface area contributed by atoms with Gasteiger partial charge in [0.25, 0.3) is 0 Å². The molecule has 1 saturated carbocycles. The van der Waals surface area contributed by atoms with Crippen LogP contribution in [0.3, 0.4) is 0 Å². The van der Waals surface area contributed by atoms with Crippen molar-refractivity contribution in [3.8, 4) is 0 Å². The van der Waals surface area contributed by atoms with Crippen molar-refractivity contribution in [1.82, 2.24) is 0 Å². The SMILES string of the molecule is CC(C)(C(=O)O)c1ccc(C[C@@H]2CCC[C@@H]2O)c(Cl)c1. The number of halogens is 1. The van der Waals surface area contributed by atoms with Crippen LogP contribution in [-0.2, 0) is 16.6 Å². The van der Waals surface area contributed by atoms with E-state index in [1.54, 1.807) is 19.9 Å². The Hall–Kier alpha value is -1.06. The van der Waals surface area contributed by atoms with E-state index in [9.17, 15) is 15.0 Å². The monoisotopic (exact) mass is 296 g/mol. The molecule has 0 saturated heterocycles. The summed E-state index contributed by atoms with van der Waals surface area (Å²) >= 11 is 6.29. The highest BCUT2D eigenvalue weighted by molar-refractivity contribution is 6.31. The van der Waals surface area contributed by atoms with E-state index in [-0.39, 0.29) is 12.0 Å². The van der Waals surface area contributed by atoms with Crippen molar-refractivity contribution < 1.29 is 15.0 Å². The predicted molar refractivity (Wildman–Crippen MR) is 79.2 cm³/mol. The van der Waals surface area contributed by atoms with Crippen LogP contribution < -0.4 is 0 Å². The second-order valence-electron chi connectivity index (χ2n) is 6.20. The molecule has 20 heavy (non-hydrogen) atoms. The second kappa shape index (κ2) is 5.74. The van der Waals surface area contributed by atoms with Gasteiger partial charge in [0.15, 0.2) is 0 Å². The highest BCUT2D eigenvalue weighted by Crippen LogP contribution is 2.33. The molecule has 2 rings (SSSR count). The molecule has 3 nitrogen and oxygen atoms in total. The zero-order valence-electron chi connectivity index (χ0n) is 11.9. The quantitative estimate of drug-likeness (QED) is 0.895. The lowest BCUT2D eigenvalue weighted by atomic mass is 9.84. The smallest absolute Gasteiger partial charge is 0.313 e. The zero-order valence-corrected chi connectivity index (χ0v) is 12.7. The van der Waals surface area contributed by atoms with Gasteiger partial charge in [-0.25, -0.2) is 0 Å². The van der Waals surface area contributed by atoms with Gasteiger partial charge in [-0.3, -0.25) is 4.79 Å². The fourth-order valence-electron chi connectivity index (χ4n) is 2.76. The van der Waals surface area contributed by atoms with Crippen molar-refractivity contribution in [3.05, 3.63) is 34.3 Å². The number of carboxylic acid groups (broad SMARTS) is 1. The Bertz CT molecular complexity index is 510. The molecule has 110 valence electrons. The first kappa shape index (κ1) is 15.3. The summed E-state index contributed by atoms with van der Waals surface area (Å²) < 4.78 is 0. The number of carboxylic acids is 1. The summed E-state index contributed by atoms with van der Waals surface area (Å²) in [6, 6.07) is 5.47. The highest BCUT2D eigenvalue weighted by Gasteiger charge is 2.30. The molecule has 0 heterocycles. The molecule has 0 radical (unpaired) electrons. The van der Waals surface area contributed by atoms with Gasteiger partial charge in [-0.1, -0.05) is 30.2 Å². The van der Waals surface area contributed by atoms with Crippen molar-refractivity contribution in [2.24, 2.45) is 5.92 Å². The van der Waals surface area contributed by atoms with E-state index in [1.165, 1.54) is 0 Å². The average Bonchev–Trinajstić information content (AvgIpc) is 2.77. The largest absolute Gasteiger partial charge is 0.481 e. The number of hydrogen-bond donors (Lipinski definition) is 2. The number of aliphatic hydroxyl groups excluding tert-OH is 1. The lowest BCUT2D eigenvalue weighted by Gasteiger charge is -2.21. The summed E-state index contributed by atoms with van der Waals surface area (Å²) in [6.07, 6.45) is 3.48. The van der Waals surface area contributed by atoms with Gasteiger partial charge in [0.05, 0.1) is 11.5 Å². The van der Waals surface area contributed by atoms with Crippen molar-refractivity contribution >= 4 is 17.6 Å². The highest BCUT2D eigenvalue weighted by atomic mass is 35.5. The maximum Gasteiger partial charge on any atom is 0.313 e. The Kier molecular flexibility index (Phi) is 4.40. The van der Waals surface area contributed by atoms with Gasteiger partial charge >= 0.3 is 5.97 Å². The van der Waals surface area contributed by atoms with Crippen LogP contribution in [0.2, 0.25) is 5.02 Å². The summed E-state index contributed by atoms with van der Waals surface area (Å²) in [4.78, 5) is 11.3. The Labute approximate surface area is 124 Å². The summed E-state index contributed by atoms with van der Waals surface area (Å²) in [6.45, 7) is 3.34. The summed E-state index contributed by atoms with van der Waals surface area (Å²) in [7, 11) is 0. The molecular weight excluding hydrogens is 276 g/mol. The summed E-state index contributed by atoms with van der Waals surface area (Å²) in [5.74, 6) is -0.599. The van der Waals surface area contributed by atoms with Crippen molar-refractivity contribution in [2.45, 2.75) is 51.0 Å². The van der Waals surface area contributed by atoms with E-state index in [1.807, 2.05) is 12.1 Å². The molecule has 1 aromatic rings. The molecule has 1 aromatic carbocycles. The number of benzene rings is 1. The van der Waals surface area contributed by atoms with Gasteiger partial charge in [0.1, 0.15) is 0 Å². The molecule has 0 amide bonds. The molecule has 0 spiro atoms. The number of aliphatic carboxylic acids is 1. The topological polar surface area (TPSA) is 57.5 Å². The van der Waals surface area contributed by atoms with Crippen molar-refractivity contribution in [2.75, 3.05) is 0 Å². The van der Waals surface area contributed by atoms with Gasteiger partial charge in [-0.15, -0.1) is 0 Å². The van der Waals surface area contributed by atoms with Crippen LogP contribution in [0.5, 0.6) is 0 Å². The van der Waals surface area contributed by atoms with Crippen LogP contribution >= 0.6 is 11.6 Å². The zero-order chi connectivity index (χ0) is 14.9. The van der Waals surface area contributed by atoms with Gasteiger partial charge < -0.3 is 10.2 Å². The fraction of sp³-hybridized carbons (Fsp3) is 0.562. The molecule has 1 aliphatic carbocycles. The van der Waals surface area contributed by atoms with E-state index in [4.69, 9.17) is 11.6 Å². The Balaban J connectivity index is 2.20. The van der Waals surface area contributed by atoms with E-state index >= 15 is 0 Å². The predicted octanol–water partition coefficient (Wildman–Crippen LogP) is 3.41. The van der Waals surface area contributed by atoms with Crippen LogP contribution in [0.1, 0.15) is 44.2 Å². The maximum absolute atomic E-state index is 11.3. The summed E-state index contributed by atoms with van der Waals surface area (Å²) in [5.41, 5.74) is 0.739. The average molecular weight is 297 g/mol. The lowest BCUT2D eigenvalue weighted by molar-refractivity contribution is -0.142. The molecular formula is C16H21ClO3. The second-order valence-corrected chi connectivity index (χ2v) is 6.61. The van der Waals surface area contributed by atoms with Crippen molar-refractivity contribution in [1.29, 1.82) is 0 Å². The first-order valence-electron chi connectivity index (χ1n) is 7.02. The van der Waals surface area contributed by atoms with Gasteiger partial charge in [0.2, 0.25) is 0 Å². The number of hydrogen-bond acceptors (Lipinski definition) is 2. The third-order valence-corrected chi connectivity index (χ3v) is 4.76. The first-order chi connectivity index (χ1) is 9.32. The lowest BCUT2D eigenvalue weighted by Crippen LogP contribution is -2.28. The van der Waals surface area contributed by atoms with E-state index < -0.39 is 11.4 Å². The fourth-order valence-corrected chi connectivity index (χ4v) is 3.02.